The van der Waals surface area contributed by atoms with E-state index in [9.17, 15) is 4.79 Å². The molecular weight excluding hydrogens is 466 g/mol. The van der Waals surface area contributed by atoms with Crippen molar-refractivity contribution in [1.29, 1.82) is 0 Å². The van der Waals surface area contributed by atoms with Crippen LogP contribution in [0.15, 0.2) is 53.5 Å². The molecule has 1 saturated heterocycles. The number of benzene rings is 1. The summed E-state index contributed by atoms with van der Waals surface area (Å²) in [6, 6.07) is 13.1. The molecule has 0 atom stereocenters. The van der Waals surface area contributed by atoms with Gasteiger partial charge in [-0.2, -0.15) is 0 Å². The number of hydrogen-bond donors (Lipinski definition) is 1. The van der Waals surface area contributed by atoms with Gasteiger partial charge in [-0.05, 0) is 38.1 Å². The normalized spacial score (nSPS) is 18.2. The third-order valence-electron chi connectivity index (χ3n) is 5.97. The Balaban J connectivity index is 1.55. The molecule has 9 heteroatoms. The first-order chi connectivity index (χ1) is 16.9. The van der Waals surface area contributed by atoms with Crippen molar-refractivity contribution < 1.29 is 9.47 Å². The van der Waals surface area contributed by atoms with Crippen molar-refractivity contribution in [2.45, 2.75) is 39.1 Å². The van der Waals surface area contributed by atoms with E-state index in [4.69, 9.17) is 26.8 Å². The van der Waals surface area contributed by atoms with Crippen LogP contribution in [0.25, 0.3) is 33.4 Å². The smallest absolute Gasteiger partial charge is 0.260 e. The first-order valence-corrected chi connectivity index (χ1v) is 11.9. The Morgan fingerprint density at radius 1 is 1.09 bits per heavy atom. The van der Waals surface area contributed by atoms with Crippen LogP contribution in [0.5, 0.6) is 0 Å². The van der Waals surface area contributed by atoms with Crippen LogP contribution in [-0.4, -0.2) is 45.1 Å². The van der Waals surface area contributed by atoms with Crippen molar-refractivity contribution in [2.75, 3.05) is 13.2 Å². The highest BCUT2D eigenvalue weighted by atomic mass is 35.5. The monoisotopic (exact) mass is 491 g/mol. The molecule has 1 aliphatic rings. The van der Waals surface area contributed by atoms with Crippen molar-refractivity contribution in [3.63, 3.8) is 0 Å². The Hall–Kier alpha value is -3.17. The van der Waals surface area contributed by atoms with E-state index in [0.717, 1.165) is 22.3 Å². The summed E-state index contributed by atoms with van der Waals surface area (Å²) in [5.74, 6) is 0.586. The molecule has 1 aromatic carbocycles. The molecule has 0 saturated carbocycles. The van der Waals surface area contributed by atoms with Crippen molar-refractivity contribution in [3.8, 4) is 22.4 Å². The van der Waals surface area contributed by atoms with E-state index in [1.165, 1.54) is 0 Å². The zero-order valence-corrected chi connectivity index (χ0v) is 20.3. The molecule has 4 heterocycles. The second-order valence-corrected chi connectivity index (χ2v) is 9.12. The number of aryl methyl sites for hydroxylation is 3. The van der Waals surface area contributed by atoms with Crippen LogP contribution in [0.2, 0.25) is 5.02 Å². The molecule has 180 valence electrons. The van der Waals surface area contributed by atoms with Gasteiger partial charge in [-0.15, -0.1) is 0 Å². The minimum absolute atomic E-state index is 0.131. The standard InChI is InChI=1S/C26H26ClN5O3/c1-15-4-3-5-23(30-15)17-6-7-20(22(27)11-17)21-10-18-12-29-16(2)31-25(18)32(26(21)33)9-8-24-34-13-19(28)14-35-24/h3-7,10-12,19,24H,8-9,13-14,28H2,1-2H3/t19-,24-. The summed E-state index contributed by atoms with van der Waals surface area (Å²) in [4.78, 5) is 27.1. The Kier molecular flexibility index (Phi) is 6.62. The minimum atomic E-state index is -0.423. The molecule has 0 radical (unpaired) electrons. The molecule has 35 heavy (non-hydrogen) atoms. The van der Waals surface area contributed by atoms with Crippen LogP contribution in [0, 0.1) is 13.8 Å². The highest BCUT2D eigenvalue weighted by Crippen LogP contribution is 2.31. The lowest BCUT2D eigenvalue weighted by Crippen LogP contribution is -2.41. The molecule has 2 N–H and O–H groups in total. The number of ether oxygens (including phenoxy) is 2. The number of hydrogen-bond acceptors (Lipinski definition) is 7. The van der Waals surface area contributed by atoms with E-state index in [-0.39, 0.29) is 11.6 Å². The van der Waals surface area contributed by atoms with Gasteiger partial charge in [0.15, 0.2) is 6.29 Å². The minimum Gasteiger partial charge on any atom is -0.351 e. The van der Waals surface area contributed by atoms with Gasteiger partial charge in [-0.1, -0.05) is 29.8 Å². The first-order valence-electron chi connectivity index (χ1n) is 11.5. The van der Waals surface area contributed by atoms with E-state index in [0.29, 0.717) is 53.8 Å². The molecule has 0 unspecified atom stereocenters. The predicted octanol–water partition coefficient (Wildman–Crippen LogP) is 3.88. The van der Waals surface area contributed by atoms with Crippen LogP contribution < -0.4 is 11.3 Å². The fraction of sp³-hybridized carbons (Fsp3) is 0.308. The SMILES string of the molecule is Cc1cccc(-c2ccc(-c3cc4cnc(C)nc4n(CC[C@H]4OC[C@H](N)CO4)c3=O)c(Cl)c2)n1. The zero-order chi connectivity index (χ0) is 24.5. The molecule has 0 aliphatic carbocycles. The van der Waals surface area contributed by atoms with Gasteiger partial charge in [0.25, 0.3) is 5.56 Å². The summed E-state index contributed by atoms with van der Waals surface area (Å²) in [5, 5.41) is 1.22. The number of aromatic nitrogens is 4. The first kappa shape index (κ1) is 23.6. The molecular formula is C26H26ClN5O3. The average Bonchev–Trinajstić information content (AvgIpc) is 2.84. The van der Waals surface area contributed by atoms with Crippen LogP contribution in [0.3, 0.4) is 0 Å². The Morgan fingerprint density at radius 2 is 1.89 bits per heavy atom. The second kappa shape index (κ2) is 9.83. The van der Waals surface area contributed by atoms with Gasteiger partial charge >= 0.3 is 0 Å². The molecule has 0 amide bonds. The van der Waals surface area contributed by atoms with Gasteiger partial charge in [0.05, 0.1) is 24.9 Å². The fourth-order valence-electron chi connectivity index (χ4n) is 4.20. The summed E-state index contributed by atoms with van der Waals surface area (Å²) in [5.41, 5.74) is 9.95. The van der Waals surface area contributed by atoms with Crippen molar-refractivity contribution >= 4 is 22.6 Å². The number of pyridine rings is 2. The third-order valence-corrected chi connectivity index (χ3v) is 6.28. The van der Waals surface area contributed by atoms with E-state index >= 15 is 0 Å². The number of nitrogens with zero attached hydrogens (tertiary/aromatic N) is 4. The van der Waals surface area contributed by atoms with E-state index in [2.05, 4.69) is 15.0 Å². The number of halogens is 1. The van der Waals surface area contributed by atoms with Crippen LogP contribution in [-0.2, 0) is 16.0 Å². The lowest BCUT2D eigenvalue weighted by atomic mass is 10.0. The summed E-state index contributed by atoms with van der Waals surface area (Å²) in [6.07, 6.45) is 1.79. The number of nitrogens with two attached hydrogens (primary N) is 1. The third kappa shape index (κ3) is 4.97. The Labute approximate surface area is 207 Å². The summed E-state index contributed by atoms with van der Waals surface area (Å²) in [7, 11) is 0. The molecule has 0 spiro atoms. The quantitative estimate of drug-likeness (QED) is 0.451. The van der Waals surface area contributed by atoms with Gasteiger partial charge in [0.1, 0.15) is 11.5 Å². The Bertz CT molecular complexity index is 1450. The second-order valence-electron chi connectivity index (χ2n) is 8.71. The summed E-state index contributed by atoms with van der Waals surface area (Å²) < 4.78 is 13.0. The highest BCUT2D eigenvalue weighted by molar-refractivity contribution is 6.33. The van der Waals surface area contributed by atoms with Crippen molar-refractivity contribution in [3.05, 3.63) is 75.6 Å². The lowest BCUT2D eigenvalue weighted by Gasteiger charge is -2.27. The molecule has 1 fully saturated rings. The maximum atomic E-state index is 13.7. The molecule has 4 aromatic rings. The van der Waals surface area contributed by atoms with Crippen LogP contribution in [0.4, 0.5) is 0 Å². The van der Waals surface area contributed by atoms with Crippen molar-refractivity contribution in [1.82, 2.24) is 19.5 Å². The van der Waals surface area contributed by atoms with Crippen LogP contribution in [0.1, 0.15) is 17.9 Å². The fourth-order valence-corrected chi connectivity index (χ4v) is 4.48. The van der Waals surface area contributed by atoms with E-state index in [1.54, 1.807) is 23.8 Å². The maximum Gasteiger partial charge on any atom is 0.260 e. The van der Waals surface area contributed by atoms with Gasteiger partial charge in [-0.3, -0.25) is 14.3 Å². The number of rotatable bonds is 5. The molecule has 1 aliphatic heterocycles. The van der Waals surface area contributed by atoms with Gasteiger partial charge in [0.2, 0.25) is 0 Å². The van der Waals surface area contributed by atoms with Gasteiger partial charge < -0.3 is 15.2 Å². The van der Waals surface area contributed by atoms with Crippen molar-refractivity contribution in [2.24, 2.45) is 5.73 Å². The molecule has 8 nitrogen and oxygen atoms in total. The Morgan fingerprint density at radius 3 is 2.63 bits per heavy atom. The maximum absolute atomic E-state index is 13.7. The van der Waals surface area contributed by atoms with Gasteiger partial charge in [-0.25, -0.2) is 9.97 Å². The highest BCUT2D eigenvalue weighted by Gasteiger charge is 2.21. The lowest BCUT2D eigenvalue weighted by molar-refractivity contribution is -0.189. The largest absolute Gasteiger partial charge is 0.351 e. The molecule has 0 bridgehead atoms. The average molecular weight is 492 g/mol. The van der Waals surface area contributed by atoms with Gasteiger partial charge in [0, 0.05) is 52.0 Å². The number of fused-ring (bicyclic) bond motifs is 1. The predicted molar refractivity (Wildman–Crippen MR) is 135 cm³/mol. The summed E-state index contributed by atoms with van der Waals surface area (Å²) in [6.45, 7) is 4.96. The molecule has 3 aromatic heterocycles. The summed E-state index contributed by atoms with van der Waals surface area (Å²) >= 11 is 6.71. The van der Waals surface area contributed by atoms with E-state index in [1.807, 2.05) is 43.3 Å². The topological polar surface area (TPSA) is 105 Å². The zero-order valence-electron chi connectivity index (χ0n) is 19.6. The molecule has 5 rings (SSSR count). The van der Waals surface area contributed by atoms with Crippen LogP contribution >= 0.6 is 11.6 Å². The van der Waals surface area contributed by atoms with E-state index < -0.39 is 6.29 Å².